The number of hydrogen-bond donors (Lipinski definition) is 4. The summed E-state index contributed by atoms with van der Waals surface area (Å²) in [6.45, 7) is 19.0. The van der Waals surface area contributed by atoms with Crippen LogP contribution in [0.4, 0.5) is 9.59 Å². The molecule has 0 aromatic heterocycles. The molecular formula is C50H100N6O5. The van der Waals surface area contributed by atoms with Crippen LogP contribution >= 0.6 is 0 Å². The van der Waals surface area contributed by atoms with Gasteiger partial charge >= 0.3 is 12.2 Å². The second kappa shape index (κ2) is 40.1. The Kier molecular flexibility index (Phi) is 38.3. The molecule has 0 aromatic rings. The summed E-state index contributed by atoms with van der Waals surface area (Å²) < 4.78 is 10.7. The van der Waals surface area contributed by atoms with Crippen molar-refractivity contribution in [3.8, 4) is 0 Å². The molecule has 3 amide bonds. The number of hydrogen-bond acceptors (Lipinski definition) is 6. The lowest BCUT2D eigenvalue weighted by Crippen LogP contribution is -2.45. The molecule has 0 spiro atoms. The lowest BCUT2D eigenvalue weighted by Gasteiger charge is -2.23. The summed E-state index contributed by atoms with van der Waals surface area (Å²) in [5.41, 5.74) is -1.15. The molecule has 11 nitrogen and oxygen atoms in total. The third kappa shape index (κ3) is 43.7. The maximum atomic E-state index is 13.6. The number of alkyl carbamates (subject to hydrolysis) is 2. The zero-order valence-electron chi connectivity index (χ0n) is 41.4. The number of ether oxygens (including phenoxy) is 2. The molecule has 0 saturated heterocycles. The number of amides is 3. The van der Waals surface area contributed by atoms with Crippen LogP contribution in [-0.4, -0.2) is 86.0 Å². The lowest BCUT2D eigenvalue weighted by atomic mass is 10.0. The van der Waals surface area contributed by atoms with Crippen molar-refractivity contribution in [2.24, 2.45) is 4.99 Å². The fraction of sp³-hybridized carbons (Fsp3) is 0.920. The number of carbonyl (C=O) groups excluding carboxylic acids is 3. The van der Waals surface area contributed by atoms with Crippen molar-refractivity contribution in [2.75, 3.05) is 45.8 Å². The highest BCUT2D eigenvalue weighted by Crippen LogP contribution is 2.16. The van der Waals surface area contributed by atoms with E-state index in [4.69, 9.17) is 14.5 Å². The standard InChI is InChI=1S/C50H100N6O5/c1-9-11-13-15-17-19-21-23-25-27-29-31-33-35-43-56(44-36-34-32-30-28-26-24-22-20-18-16-14-12-10-2)45(57)37-38-51-46(52-39-41-54-47(58)60-49(3,4)5)53-40-42-55-48(59)61-50(6,7)8/h9-44H2,1-8H3,(H,54,58)(H,55,59)(H2,51,52,53). The largest absolute Gasteiger partial charge is 0.444 e. The number of guanidine groups is 1. The Morgan fingerprint density at radius 2 is 0.705 bits per heavy atom. The average molecular weight is 865 g/mol. The minimum atomic E-state index is -0.577. The Balaban J connectivity index is 5.00. The minimum absolute atomic E-state index is 0.158. The number of carbonyl (C=O) groups is 3. The maximum absolute atomic E-state index is 13.6. The lowest BCUT2D eigenvalue weighted by molar-refractivity contribution is -0.131. The van der Waals surface area contributed by atoms with Gasteiger partial charge in [-0.3, -0.25) is 9.79 Å². The third-order valence-electron chi connectivity index (χ3n) is 10.7. The van der Waals surface area contributed by atoms with Gasteiger partial charge in [-0.2, -0.15) is 0 Å². The van der Waals surface area contributed by atoms with Crippen LogP contribution in [-0.2, 0) is 14.3 Å². The molecule has 61 heavy (non-hydrogen) atoms. The van der Waals surface area contributed by atoms with E-state index < -0.39 is 23.4 Å². The molecule has 0 aliphatic rings. The average Bonchev–Trinajstić information content (AvgIpc) is 3.18. The first-order valence-electron chi connectivity index (χ1n) is 25.5. The fourth-order valence-electron chi connectivity index (χ4n) is 7.27. The second-order valence-corrected chi connectivity index (χ2v) is 19.3. The van der Waals surface area contributed by atoms with Gasteiger partial charge < -0.3 is 35.6 Å². The first-order valence-corrected chi connectivity index (χ1v) is 25.5. The van der Waals surface area contributed by atoms with E-state index in [0.717, 1.165) is 25.9 Å². The zero-order valence-corrected chi connectivity index (χ0v) is 41.4. The van der Waals surface area contributed by atoms with Crippen molar-refractivity contribution in [1.82, 2.24) is 26.2 Å². The van der Waals surface area contributed by atoms with Gasteiger partial charge in [0.15, 0.2) is 5.96 Å². The van der Waals surface area contributed by atoms with Crippen LogP contribution in [0.5, 0.6) is 0 Å². The molecule has 0 aliphatic heterocycles. The monoisotopic (exact) mass is 865 g/mol. The van der Waals surface area contributed by atoms with Crippen LogP contribution in [0, 0.1) is 0 Å². The number of nitrogens with zero attached hydrogens (tertiary/aromatic N) is 2. The summed E-state index contributed by atoms with van der Waals surface area (Å²) in [5.74, 6) is 0.668. The minimum Gasteiger partial charge on any atom is -0.444 e. The highest BCUT2D eigenvalue weighted by Gasteiger charge is 2.17. The fourth-order valence-corrected chi connectivity index (χ4v) is 7.27. The van der Waals surface area contributed by atoms with E-state index in [1.807, 2.05) is 41.5 Å². The molecule has 0 unspecified atom stereocenters. The molecule has 0 radical (unpaired) electrons. The van der Waals surface area contributed by atoms with Crippen LogP contribution in [0.2, 0.25) is 0 Å². The van der Waals surface area contributed by atoms with Crippen LogP contribution < -0.4 is 21.3 Å². The van der Waals surface area contributed by atoms with Gasteiger partial charge in [-0.25, -0.2) is 9.59 Å². The van der Waals surface area contributed by atoms with E-state index in [0.29, 0.717) is 45.1 Å². The Morgan fingerprint density at radius 1 is 0.426 bits per heavy atom. The van der Waals surface area contributed by atoms with Gasteiger partial charge in [-0.1, -0.05) is 181 Å². The van der Waals surface area contributed by atoms with Crippen molar-refractivity contribution in [2.45, 2.75) is 253 Å². The predicted octanol–water partition coefficient (Wildman–Crippen LogP) is 12.8. The number of aliphatic imine (C=N–C) groups is 1. The van der Waals surface area contributed by atoms with Gasteiger partial charge in [0, 0.05) is 45.7 Å². The van der Waals surface area contributed by atoms with E-state index in [2.05, 4.69) is 40.0 Å². The van der Waals surface area contributed by atoms with Crippen molar-refractivity contribution in [3.63, 3.8) is 0 Å². The number of rotatable bonds is 39. The normalized spacial score (nSPS) is 11.5. The molecule has 0 aromatic carbocycles. The number of nitrogens with one attached hydrogen (secondary N) is 4. The van der Waals surface area contributed by atoms with E-state index in [9.17, 15) is 14.4 Å². The molecule has 0 fully saturated rings. The predicted molar refractivity (Wildman–Crippen MR) is 259 cm³/mol. The van der Waals surface area contributed by atoms with E-state index in [1.54, 1.807) is 0 Å². The molecule has 0 aliphatic carbocycles. The molecule has 11 heteroatoms. The summed E-state index contributed by atoms with van der Waals surface area (Å²) >= 11 is 0. The summed E-state index contributed by atoms with van der Waals surface area (Å²) in [6, 6.07) is 0. The van der Waals surface area contributed by atoms with E-state index in [1.165, 1.54) is 167 Å². The van der Waals surface area contributed by atoms with Crippen molar-refractivity contribution >= 4 is 24.1 Å². The maximum Gasteiger partial charge on any atom is 0.407 e. The summed E-state index contributed by atoms with van der Waals surface area (Å²) in [6.07, 6.45) is 36.4. The van der Waals surface area contributed by atoms with E-state index in [-0.39, 0.29) is 5.91 Å². The van der Waals surface area contributed by atoms with Crippen LogP contribution in [0.1, 0.15) is 242 Å². The van der Waals surface area contributed by atoms with Gasteiger partial charge in [0.05, 0.1) is 6.54 Å². The third-order valence-corrected chi connectivity index (χ3v) is 10.7. The summed E-state index contributed by atoms with van der Waals surface area (Å²) in [4.78, 5) is 44.7. The van der Waals surface area contributed by atoms with E-state index >= 15 is 0 Å². The molecule has 0 saturated carbocycles. The van der Waals surface area contributed by atoms with Crippen molar-refractivity contribution in [1.29, 1.82) is 0 Å². The van der Waals surface area contributed by atoms with Gasteiger partial charge in [-0.05, 0) is 54.4 Å². The Hall–Kier alpha value is -2.72. The molecule has 360 valence electrons. The topological polar surface area (TPSA) is 133 Å². The molecule has 0 atom stereocenters. The smallest absolute Gasteiger partial charge is 0.407 e. The Bertz CT molecular complexity index is 1000. The molecule has 0 rings (SSSR count). The quantitative estimate of drug-likeness (QED) is 0.0275. The Labute approximate surface area is 376 Å². The summed E-state index contributed by atoms with van der Waals surface area (Å²) in [5, 5.41) is 12.0. The molecule has 0 heterocycles. The molecule has 0 bridgehead atoms. The highest BCUT2D eigenvalue weighted by molar-refractivity contribution is 5.81. The van der Waals surface area contributed by atoms with Gasteiger partial charge in [0.1, 0.15) is 11.2 Å². The first kappa shape index (κ1) is 58.3. The van der Waals surface area contributed by atoms with Gasteiger partial charge in [-0.15, -0.1) is 0 Å². The highest BCUT2D eigenvalue weighted by atomic mass is 16.6. The zero-order chi connectivity index (χ0) is 45.3. The van der Waals surface area contributed by atoms with Crippen molar-refractivity contribution in [3.05, 3.63) is 0 Å². The molecular weight excluding hydrogens is 765 g/mol. The number of unbranched alkanes of at least 4 members (excludes halogenated alkanes) is 26. The van der Waals surface area contributed by atoms with Gasteiger partial charge in [0.25, 0.3) is 0 Å². The van der Waals surface area contributed by atoms with Crippen LogP contribution in [0.15, 0.2) is 4.99 Å². The van der Waals surface area contributed by atoms with Crippen LogP contribution in [0.3, 0.4) is 0 Å². The van der Waals surface area contributed by atoms with Crippen molar-refractivity contribution < 1.29 is 23.9 Å². The summed E-state index contributed by atoms with van der Waals surface area (Å²) in [7, 11) is 0. The van der Waals surface area contributed by atoms with Crippen LogP contribution in [0.25, 0.3) is 0 Å². The second-order valence-electron chi connectivity index (χ2n) is 19.3. The van der Waals surface area contributed by atoms with Gasteiger partial charge in [0.2, 0.25) is 5.91 Å². The molecule has 4 N–H and O–H groups in total. The SMILES string of the molecule is CCCCCCCCCCCCCCCCN(CCCCCCCCCCCCCCCC)C(=O)CCN=C(NCCNC(=O)OC(C)(C)C)NCCNC(=O)OC(C)(C)C. The Morgan fingerprint density at radius 3 is 1.00 bits per heavy atom. The first-order chi connectivity index (χ1) is 29.3.